The van der Waals surface area contributed by atoms with Crippen LogP contribution in [0.2, 0.25) is 0 Å². The maximum atomic E-state index is 6.14. The summed E-state index contributed by atoms with van der Waals surface area (Å²) >= 11 is 0. The molecule has 274 valence electrons. The molecule has 0 atom stereocenters. The Morgan fingerprint density at radius 2 is 1.05 bits per heavy atom. The van der Waals surface area contributed by atoms with Gasteiger partial charge >= 0.3 is 0 Å². The molecule has 6 nitrogen and oxygen atoms in total. The van der Waals surface area contributed by atoms with Crippen LogP contribution in [0, 0.1) is 6.92 Å². The van der Waals surface area contributed by atoms with Crippen LogP contribution in [0.1, 0.15) is 23.6 Å². The van der Waals surface area contributed by atoms with Gasteiger partial charge in [0.15, 0.2) is 5.88 Å². The van der Waals surface area contributed by atoms with E-state index in [2.05, 4.69) is 167 Å². The van der Waals surface area contributed by atoms with Crippen molar-refractivity contribution in [3.8, 4) is 5.88 Å². The first-order valence-electron chi connectivity index (χ1n) is 18.6. The molecule has 0 aliphatic carbocycles. The summed E-state index contributed by atoms with van der Waals surface area (Å²) in [5.74, 6) is 2.42. The van der Waals surface area contributed by atoms with Gasteiger partial charge in [0.05, 0.1) is 0 Å². The molecule has 7 aromatic rings. The van der Waals surface area contributed by atoms with Crippen molar-refractivity contribution in [2.24, 2.45) is 0 Å². The molecule has 1 N–H and O–H groups in total. The van der Waals surface area contributed by atoms with Crippen molar-refractivity contribution in [3.05, 3.63) is 217 Å². The van der Waals surface area contributed by atoms with Gasteiger partial charge in [0.2, 0.25) is 5.88 Å². The number of ether oxygens (including phenoxy) is 2. The van der Waals surface area contributed by atoms with Gasteiger partial charge in [-0.25, -0.2) is 4.98 Å². The van der Waals surface area contributed by atoms with Crippen LogP contribution in [-0.2, 0) is 4.74 Å². The van der Waals surface area contributed by atoms with E-state index in [0.717, 1.165) is 79.6 Å². The zero-order valence-corrected chi connectivity index (χ0v) is 31.5. The molecule has 0 unspecified atom stereocenters. The summed E-state index contributed by atoms with van der Waals surface area (Å²) in [7, 11) is 0. The van der Waals surface area contributed by atoms with E-state index in [0.29, 0.717) is 17.4 Å². The molecule has 0 amide bonds. The Morgan fingerprint density at radius 3 is 1.57 bits per heavy atom. The Hall–Kier alpha value is -7.31. The van der Waals surface area contributed by atoms with Crippen molar-refractivity contribution in [3.63, 3.8) is 0 Å². The predicted octanol–water partition coefficient (Wildman–Crippen LogP) is 12.9. The lowest BCUT2D eigenvalue weighted by Crippen LogP contribution is -2.19. The van der Waals surface area contributed by atoms with E-state index in [1.807, 2.05) is 50.2 Å². The highest BCUT2D eigenvalue weighted by Gasteiger charge is 2.17. The number of benzene rings is 6. The largest absolute Gasteiger partial charge is 0.441 e. The van der Waals surface area contributed by atoms with E-state index < -0.39 is 0 Å². The SMILES string of the molecule is C=C(OC1=C(C)C=CCN1)c1ccc(N(c2ccccc2)c2ccc3ccc(N(c4ccccc4)c4ccc(C(=C)Oc5ncccc5C)cc4)cc3c2)cc1. The second kappa shape index (κ2) is 16.0. The van der Waals surface area contributed by atoms with E-state index in [-0.39, 0.29) is 0 Å². The van der Waals surface area contributed by atoms with Gasteiger partial charge in [-0.2, -0.15) is 0 Å². The summed E-state index contributed by atoms with van der Waals surface area (Å²) in [6, 6.07) is 54.6. The number of hydrogen-bond donors (Lipinski definition) is 1. The first-order valence-corrected chi connectivity index (χ1v) is 18.6. The molecule has 1 aromatic heterocycles. The highest BCUT2D eigenvalue weighted by atomic mass is 16.5. The molecule has 0 fully saturated rings. The van der Waals surface area contributed by atoms with Crippen molar-refractivity contribution < 1.29 is 9.47 Å². The second-order valence-electron chi connectivity index (χ2n) is 13.6. The number of rotatable bonds is 12. The fourth-order valence-corrected chi connectivity index (χ4v) is 6.80. The highest BCUT2D eigenvalue weighted by Crippen LogP contribution is 2.40. The number of para-hydroxylation sites is 2. The number of dihydropyridines is 1. The van der Waals surface area contributed by atoms with Crippen LogP contribution < -0.4 is 19.9 Å². The average molecular weight is 731 g/mol. The highest BCUT2D eigenvalue weighted by molar-refractivity contribution is 5.93. The third-order valence-corrected chi connectivity index (χ3v) is 9.76. The number of hydrogen-bond acceptors (Lipinski definition) is 6. The Labute approximate surface area is 328 Å². The standard InChI is InChI=1S/C50H42N4O2/c1-35-13-11-31-51-49(35)55-37(3)39-19-25-45(26-20-39)53(43-15-7-5-8-16-43)47-29-23-41-24-30-48(34-42(41)33-47)54(44-17-9-6-10-18-44)46-27-21-40(22-28-46)38(4)56-50-36(2)14-12-32-52-50/h5-31,33-34,52H,3-4,32H2,1-2H3. The minimum Gasteiger partial charge on any atom is -0.441 e. The molecule has 0 saturated carbocycles. The summed E-state index contributed by atoms with van der Waals surface area (Å²) in [5.41, 5.74) is 10.0. The van der Waals surface area contributed by atoms with Crippen molar-refractivity contribution in [2.75, 3.05) is 16.3 Å². The first-order chi connectivity index (χ1) is 27.4. The lowest BCUT2D eigenvalue weighted by atomic mass is 10.1. The minimum absolute atomic E-state index is 0.542. The van der Waals surface area contributed by atoms with Gasteiger partial charge in [-0.3, -0.25) is 0 Å². The molecule has 6 heteroatoms. The van der Waals surface area contributed by atoms with Gasteiger partial charge < -0.3 is 24.6 Å². The molecule has 6 aromatic carbocycles. The molecule has 1 aliphatic rings. The smallest absolute Gasteiger partial charge is 0.222 e. The molecule has 2 heterocycles. The predicted molar refractivity (Wildman–Crippen MR) is 232 cm³/mol. The van der Waals surface area contributed by atoms with E-state index in [9.17, 15) is 0 Å². The van der Waals surface area contributed by atoms with Gasteiger partial charge in [0.25, 0.3) is 0 Å². The number of aromatic nitrogens is 1. The topological polar surface area (TPSA) is 49.9 Å². The van der Waals surface area contributed by atoms with Crippen LogP contribution >= 0.6 is 0 Å². The summed E-state index contributed by atoms with van der Waals surface area (Å²) in [5, 5.41) is 5.55. The summed E-state index contributed by atoms with van der Waals surface area (Å²) in [6.45, 7) is 13.1. The van der Waals surface area contributed by atoms with Crippen LogP contribution in [0.25, 0.3) is 22.3 Å². The minimum atomic E-state index is 0.542. The Kier molecular flexibility index (Phi) is 10.2. The Morgan fingerprint density at radius 1 is 0.554 bits per heavy atom. The zero-order valence-electron chi connectivity index (χ0n) is 31.5. The fraction of sp³-hybridized carbons (Fsp3) is 0.0600. The molecular formula is C50H42N4O2. The number of allylic oxidation sites excluding steroid dienone is 2. The van der Waals surface area contributed by atoms with Gasteiger partial charge in [0, 0.05) is 69.1 Å². The number of anilines is 6. The molecule has 0 bridgehead atoms. The van der Waals surface area contributed by atoms with Gasteiger partial charge in [-0.05, 0) is 128 Å². The zero-order chi connectivity index (χ0) is 38.4. The lowest BCUT2D eigenvalue weighted by Gasteiger charge is -2.27. The van der Waals surface area contributed by atoms with Crippen molar-refractivity contribution in [2.45, 2.75) is 13.8 Å². The van der Waals surface area contributed by atoms with Gasteiger partial charge in [0.1, 0.15) is 11.5 Å². The number of nitrogens with one attached hydrogen (secondary N) is 1. The number of pyridine rings is 1. The monoisotopic (exact) mass is 730 g/mol. The lowest BCUT2D eigenvalue weighted by molar-refractivity contribution is 0.341. The molecule has 0 saturated heterocycles. The van der Waals surface area contributed by atoms with Crippen LogP contribution in [0.3, 0.4) is 0 Å². The molecule has 0 spiro atoms. The quantitative estimate of drug-likeness (QED) is 0.126. The maximum absolute atomic E-state index is 6.14. The molecule has 0 radical (unpaired) electrons. The first kappa shape index (κ1) is 35.7. The van der Waals surface area contributed by atoms with Crippen LogP contribution in [0.5, 0.6) is 5.88 Å². The van der Waals surface area contributed by atoms with E-state index in [1.165, 1.54) is 0 Å². The number of nitrogens with zero attached hydrogens (tertiary/aromatic N) is 3. The molecule has 56 heavy (non-hydrogen) atoms. The second-order valence-corrected chi connectivity index (χ2v) is 13.6. The number of aryl methyl sites for hydroxylation is 1. The average Bonchev–Trinajstić information content (AvgIpc) is 3.24. The normalized spacial score (nSPS) is 12.2. The Balaban J connectivity index is 1.12. The maximum Gasteiger partial charge on any atom is 0.222 e. The van der Waals surface area contributed by atoms with Crippen molar-refractivity contribution in [1.82, 2.24) is 10.3 Å². The molecule has 1 aliphatic heterocycles. The number of fused-ring (bicyclic) bond motifs is 1. The van der Waals surface area contributed by atoms with Crippen molar-refractivity contribution >= 4 is 56.4 Å². The van der Waals surface area contributed by atoms with Crippen LogP contribution in [-0.4, -0.2) is 11.5 Å². The van der Waals surface area contributed by atoms with Crippen molar-refractivity contribution in [1.29, 1.82) is 0 Å². The molecule has 8 rings (SSSR count). The van der Waals surface area contributed by atoms with E-state index in [4.69, 9.17) is 9.47 Å². The Bertz CT molecular complexity index is 2580. The summed E-state index contributed by atoms with van der Waals surface area (Å²) in [6.07, 6.45) is 5.86. The van der Waals surface area contributed by atoms with Gasteiger partial charge in [-0.1, -0.05) is 79.9 Å². The van der Waals surface area contributed by atoms with Crippen LogP contribution in [0.15, 0.2) is 201 Å². The third-order valence-electron chi connectivity index (χ3n) is 9.76. The summed E-state index contributed by atoms with van der Waals surface area (Å²) in [4.78, 5) is 8.91. The van der Waals surface area contributed by atoms with E-state index >= 15 is 0 Å². The molecular weight excluding hydrogens is 689 g/mol. The van der Waals surface area contributed by atoms with Crippen LogP contribution in [0.4, 0.5) is 34.1 Å². The van der Waals surface area contributed by atoms with Gasteiger partial charge in [-0.15, -0.1) is 0 Å². The summed E-state index contributed by atoms with van der Waals surface area (Å²) < 4.78 is 12.2. The van der Waals surface area contributed by atoms with E-state index in [1.54, 1.807) is 6.20 Å². The fourth-order valence-electron chi connectivity index (χ4n) is 6.80. The third kappa shape index (κ3) is 7.68.